The van der Waals surface area contributed by atoms with Gasteiger partial charge in [-0.2, -0.15) is 0 Å². The van der Waals surface area contributed by atoms with E-state index in [0.717, 1.165) is 12.8 Å². The number of rotatable bonds is 7. The van der Waals surface area contributed by atoms with E-state index in [2.05, 4.69) is 12.2 Å². The van der Waals surface area contributed by atoms with Crippen LogP contribution < -0.4 is 5.32 Å². The number of aryl methyl sites for hydroxylation is 1. The fourth-order valence-corrected chi connectivity index (χ4v) is 2.04. The summed E-state index contributed by atoms with van der Waals surface area (Å²) in [6, 6.07) is 7.41. The third kappa shape index (κ3) is 5.13. The summed E-state index contributed by atoms with van der Waals surface area (Å²) in [5.41, 5.74) is 1.17. The number of benzene rings is 1. The van der Waals surface area contributed by atoms with E-state index in [-0.39, 0.29) is 11.8 Å². The van der Waals surface area contributed by atoms with Crippen LogP contribution in [0.3, 0.4) is 0 Å². The molecule has 0 amide bonds. The lowest BCUT2D eigenvalue weighted by Gasteiger charge is -2.25. The second kappa shape index (κ2) is 6.59. The highest BCUT2D eigenvalue weighted by molar-refractivity contribution is 7.92. The minimum atomic E-state index is -3.06. The number of aromatic hydroxyl groups is 1. The molecule has 0 radical (unpaired) electrons. The number of sulfone groups is 1. The summed E-state index contributed by atoms with van der Waals surface area (Å²) >= 11 is 0. The zero-order valence-corrected chi connectivity index (χ0v) is 13.5. The van der Waals surface area contributed by atoms with Crippen molar-refractivity contribution in [2.45, 2.75) is 44.4 Å². The average Bonchev–Trinajstić information content (AvgIpc) is 2.34. The van der Waals surface area contributed by atoms with Crippen molar-refractivity contribution in [3.05, 3.63) is 29.8 Å². The SMILES string of the molecule is CC(CCc1ccc(O)cc1)NCC(C)(C)S(C)(=O)=O. The summed E-state index contributed by atoms with van der Waals surface area (Å²) in [6.07, 6.45) is 3.09. The summed E-state index contributed by atoms with van der Waals surface area (Å²) in [6.45, 7) is 5.98. The van der Waals surface area contributed by atoms with Crippen molar-refractivity contribution in [2.24, 2.45) is 0 Å². The summed E-state index contributed by atoms with van der Waals surface area (Å²) in [5.74, 6) is 0.273. The first-order valence-corrected chi connectivity index (χ1v) is 8.72. The number of nitrogens with one attached hydrogen (secondary N) is 1. The third-order valence-electron chi connectivity index (χ3n) is 3.68. The molecule has 0 aliphatic heterocycles. The van der Waals surface area contributed by atoms with Crippen LogP contribution in [0.1, 0.15) is 32.8 Å². The van der Waals surface area contributed by atoms with Crippen LogP contribution in [0.5, 0.6) is 5.75 Å². The van der Waals surface area contributed by atoms with Gasteiger partial charge in [-0.15, -0.1) is 0 Å². The summed E-state index contributed by atoms with van der Waals surface area (Å²) < 4.78 is 22.5. The molecule has 0 saturated carbocycles. The Hall–Kier alpha value is -1.07. The van der Waals surface area contributed by atoms with E-state index < -0.39 is 14.6 Å². The van der Waals surface area contributed by atoms with Gasteiger partial charge in [-0.25, -0.2) is 8.42 Å². The Bertz CT molecular complexity index is 521. The molecule has 0 aromatic heterocycles. The van der Waals surface area contributed by atoms with E-state index in [0.29, 0.717) is 6.54 Å². The zero-order chi connectivity index (χ0) is 15.4. The Morgan fingerprint density at radius 1 is 1.25 bits per heavy atom. The van der Waals surface area contributed by atoms with Crippen molar-refractivity contribution in [1.29, 1.82) is 0 Å². The molecule has 4 nitrogen and oxygen atoms in total. The fourth-order valence-electron chi connectivity index (χ4n) is 1.70. The monoisotopic (exact) mass is 299 g/mol. The van der Waals surface area contributed by atoms with E-state index in [1.807, 2.05) is 12.1 Å². The van der Waals surface area contributed by atoms with Gasteiger partial charge in [0.2, 0.25) is 0 Å². The fraction of sp³-hybridized carbons (Fsp3) is 0.600. The second-order valence-electron chi connectivity index (χ2n) is 6.02. The minimum Gasteiger partial charge on any atom is -0.508 e. The van der Waals surface area contributed by atoms with Crippen LogP contribution in [0.25, 0.3) is 0 Å². The first-order valence-electron chi connectivity index (χ1n) is 6.83. The zero-order valence-electron chi connectivity index (χ0n) is 12.7. The normalized spacial score (nSPS) is 14.2. The number of phenolic OH excluding ortho intramolecular Hbond substituents is 1. The lowest BCUT2D eigenvalue weighted by molar-refractivity contribution is 0.463. The van der Waals surface area contributed by atoms with Crippen LogP contribution in [-0.2, 0) is 16.3 Å². The second-order valence-corrected chi connectivity index (χ2v) is 8.67. The van der Waals surface area contributed by atoms with Gasteiger partial charge in [0.25, 0.3) is 0 Å². The smallest absolute Gasteiger partial charge is 0.153 e. The molecule has 0 heterocycles. The largest absolute Gasteiger partial charge is 0.508 e. The molecule has 1 unspecified atom stereocenters. The lowest BCUT2D eigenvalue weighted by Crippen LogP contribution is -2.44. The highest BCUT2D eigenvalue weighted by Gasteiger charge is 2.29. The van der Waals surface area contributed by atoms with Gasteiger partial charge in [-0.3, -0.25) is 0 Å². The van der Waals surface area contributed by atoms with Gasteiger partial charge in [-0.05, 0) is 51.3 Å². The molecule has 1 aromatic carbocycles. The molecular weight excluding hydrogens is 274 g/mol. The number of hydrogen-bond donors (Lipinski definition) is 2. The maximum atomic E-state index is 11.6. The Morgan fingerprint density at radius 2 is 1.80 bits per heavy atom. The van der Waals surface area contributed by atoms with Crippen LogP contribution in [0, 0.1) is 0 Å². The standard InChI is InChI=1S/C15H25NO3S/c1-12(16-11-15(2,3)20(4,18)19)5-6-13-7-9-14(17)10-8-13/h7-10,12,16-17H,5-6,11H2,1-4H3. The molecule has 0 spiro atoms. The Balaban J connectivity index is 2.41. The van der Waals surface area contributed by atoms with Gasteiger partial charge in [0.15, 0.2) is 9.84 Å². The Morgan fingerprint density at radius 3 is 2.30 bits per heavy atom. The predicted molar refractivity (Wildman–Crippen MR) is 82.8 cm³/mol. The minimum absolute atomic E-state index is 0.241. The van der Waals surface area contributed by atoms with Gasteiger partial charge < -0.3 is 10.4 Å². The van der Waals surface area contributed by atoms with E-state index in [4.69, 9.17) is 0 Å². The van der Waals surface area contributed by atoms with Crippen LogP contribution in [0.4, 0.5) is 0 Å². The van der Waals surface area contributed by atoms with Crippen LogP contribution in [0.2, 0.25) is 0 Å². The molecule has 0 aliphatic carbocycles. The molecule has 20 heavy (non-hydrogen) atoms. The van der Waals surface area contributed by atoms with Gasteiger partial charge in [0, 0.05) is 18.8 Å². The molecule has 0 fully saturated rings. The van der Waals surface area contributed by atoms with Gasteiger partial charge in [0.1, 0.15) is 5.75 Å². The first kappa shape index (κ1) is 17.0. The van der Waals surface area contributed by atoms with Crippen LogP contribution >= 0.6 is 0 Å². The van der Waals surface area contributed by atoms with Crippen molar-refractivity contribution < 1.29 is 13.5 Å². The lowest BCUT2D eigenvalue weighted by atomic mass is 10.1. The highest BCUT2D eigenvalue weighted by Crippen LogP contribution is 2.15. The van der Waals surface area contributed by atoms with Crippen molar-refractivity contribution in [2.75, 3.05) is 12.8 Å². The Kier molecular flexibility index (Phi) is 5.59. The van der Waals surface area contributed by atoms with E-state index >= 15 is 0 Å². The molecule has 1 rings (SSSR count). The van der Waals surface area contributed by atoms with Crippen molar-refractivity contribution in [1.82, 2.24) is 5.32 Å². The van der Waals surface area contributed by atoms with Gasteiger partial charge in [-0.1, -0.05) is 12.1 Å². The molecule has 0 aliphatic rings. The van der Waals surface area contributed by atoms with Crippen LogP contribution in [-0.4, -0.2) is 37.1 Å². The molecular formula is C15H25NO3S. The Labute approximate surface area is 122 Å². The topological polar surface area (TPSA) is 66.4 Å². The number of phenols is 1. The van der Waals surface area contributed by atoms with Crippen LogP contribution in [0.15, 0.2) is 24.3 Å². The van der Waals surface area contributed by atoms with Crippen molar-refractivity contribution in [3.63, 3.8) is 0 Å². The maximum Gasteiger partial charge on any atom is 0.153 e. The molecule has 0 bridgehead atoms. The van der Waals surface area contributed by atoms with E-state index in [1.54, 1.807) is 26.0 Å². The highest BCUT2D eigenvalue weighted by atomic mass is 32.2. The first-order chi connectivity index (χ1) is 9.12. The third-order valence-corrected chi connectivity index (χ3v) is 5.83. The van der Waals surface area contributed by atoms with Gasteiger partial charge in [0.05, 0.1) is 4.75 Å². The predicted octanol–water partition coefficient (Wildman–Crippen LogP) is 2.13. The van der Waals surface area contributed by atoms with E-state index in [1.165, 1.54) is 11.8 Å². The average molecular weight is 299 g/mol. The molecule has 1 atom stereocenters. The molecule has 114 valence electrons. The quantitative estimate of drug-likeness (QED) is 0.809. The molecule has 2 N–H and O–H groups in total. The molecule has 5 heteroatoms. The summed E-state index contributed by atoms with van der Waals surface area (Å²) in [5, 5.41) is 12.5. The number of hydrogen-bond acceptors (Lipinski definition) is 4. The van der Waals surface area contributed by atoms with Gasteiger partial charge >= 0.3 is 0 Å². The summed E-state index contributed by atoms with van der Waals surface area (Å²) in [7, 11) is -3.06. The molecule has 1 aromatic rings. The summed E-state index contributed by atoms with van der Waals surface area (Å²) in [4.78, 5) is 0. The van der Waals surface area contributed by atoms with E-state index in [9.17, 15) is 13.5 Å². The molecule has 0 saturated heterocycles. The van der Waals surface area contributed by atoms with Crippen molar-refractivity contribution in [3.8, 4) is 5.75 Å². The maximum absolute atomic E-state index is 11.6. The van der Waals surface area contributed by atoms with Crippen molar-refractivity contribution >= 4 is 9.84 Å².